The van der Waals surface area contributed by atoms with Crippen LogP contribution in [-0.4, -0.2) is 5.91 Å². The van der Waals surface area contributed by atoms with Crippen molar-refractivity contribution >= 4 is 29.0 Å². The van der Waals surface area contributed by atoms with E-state index >= 15 is 0 Å². The first kappa shape index (κ1) is 18.3. The van der Waals surface area contributed by atoms with Crippen molar-refractivity contribution in [3.63, 3.8) is 0 Å². The van der Waals surface area contributed by atoms with Crippen LogP contribution >= 0.6 is 0 Å². The largest absolute Gasteiger partial charge is 0.397 e. The number of benzene rings is 3. The molecule has 3 aromatic rings. The van der Waals surface area contributed by atoms with Crippen molar-refractivity contribution in [1.82, 2.24) is 0 Å². The van der Waals surface area contributed by atoms with Gasteiger partial charge in [0.15, 0.2) is 0 Å². The number of hydrogen-bond acceptors (Lipinski definition) is 3. The highest BCUT2D eigenvalue weighted by Gasteiger charge is 2.01. The highest BCUT2D eigenvalue weighted by molar-refractivity contribution is 6.03. The van der Waals surface area contributed by atoms with Gasteiger partial charge in [0.1, 0.15) is 0 Å². The molecule has 0 spiro atoms. The SMILES string of the molecule is Cc1ccc(NCc2ccc(/C=C/C(=O)Nc3ccccc3N)cc2)cc1. The highest BCUT2D eigenvalue weighted by Crippen LogP contribution is 2.17. The van der Waals surface area contributed by atoms with E-state index in [0.29, 0.717) is 11.4 Å². The molecule has 4 heteroatoms. The Morgan fingerprint density at radius 2 is 1.67 bits per heavy atom. The lowest BCUT2D eigenvalue weighted by Gasteiger charge is -2.07. The van der Waals surface area contributed by atoms with Crippen molar-refractivity contribution < 1.29 is 4.79 Å². The lowest BCUT2D eigenvalue weighted by molar-refractivity contribution is -0.111. The first-order valence-corrected chi connectivity index (χ1v) is 8.83. The fourth-order valence-corrected chi connectivity index (χ4v) is 2.58. The van der Waals surface area contributed by atoms with Gasteiger partial charge in [-0.05, 0) is 48.4 Å². The smallest absolute Gasteiger partial charge is 0.248 e. The molecule has 0 aliphatic rings. The van der Waals surface area contributed by atoms with Crippen molar-refractivity contribution in [3.05, 3.63) is 95.6 Å². The van der Waals surface area contributed by atoms with Crippen LogP contribution in [0.3, 0.4) is 0 Å². The Morgan fingerprint density at radius 3 is 2.37 bits per heavy atom. The van der Waals surface area contributed by atoms with Crippen molar-refractivity contribution in [2.45, 2.75) is 13.5 Å². The van der Waals surface area contributed by atoms with Crippen LogP contribution in [0.15, 0.2) is 78.9 Å². The summed E-state index contributed by atoms with van der Waals surface area (Å²) in [5.41, 5.74) is 11.5. The van der Waals surface area contributed by atoms with Gasteiger partial charge in [0, 0.05) is 18.3 Å². The summed E-state index contributed by atoms with van der Waals surface area (Å²) in [4.78, 5) is 12.0. The zero-order valence-corrected chi connectivity index (χ0v) is 15.3. The predicted molar refractivity (Wildman–Crippen MR) is 113 cm³/mol. The maximum atomic E-state index is 12.0. The maximum absolute atomic E-state index is 12.0. The molecule has 0 saturated heterocycles. The van der Waals surface area contributed by atoms with Crippen LogP contribution < -0.4 is 16.4 Å². The fraction of sp³-hybridized carbons (Fsp3) is 0.0870. The van der Waals surface area contributed by atoms with E-state index < -0.39 is 0 Å². The first-order chi connectivity index (χ1) is 13.1. The number of para-hydroxylation sites is 2. The molecule has 0 unspecified atom stereocenters. The molecule has 0 atom stereocenters. The summed E-state index contributed by atoms with van der Waals surface area (Å²) >= 11 is 0. The second-order valence-corrected chi connectivity index (χ2v) is 6.37. The number of amides is 1. The molecule has 0 radical (unpaired) electrons. The summed E-state index contributed by atoms with van der Waals surface area (Å²) in [6.45, 7) is 2.83. The van der Waals surface area contributed by atoms with Crippen LogP contribution in [0, 0.1) is 6.92 Å². The number of carbonyl (C=O) groups is 1. The third-order valence-electron chi connectivity index (χ3n) is 4.17. The van der Waals surface area contributed by atoms with E-state index in [1.807, 2.05) is 36.4 Å². The van der Waals surface area contributed by atoms with Gasteiger partial charge in [-0.1, -0.05) is 54.1 Å². The number of carbonyl (C=O) groups excluding carboxylic acids is 1. The fourth-order valence-electron chi connectivity index (χ4n) is 2.58. The molecule has 0 aromatic heterocycles. The van der Waals surface area contributed by atoms with Gasteiger partial charge >= 0.3 is 0 Å². The lowest BCUT2D eigenvalue weighted by Crippen LogP contribution is -2.09. The standard InChI is InChI=1S/C23H23N3O/c1-17-6-13-20(14-7-17)25-16-19-10-8-18(9-11-19)12-15-23(27)26-22-5-3-2-4-21(22)24/h2-15,25H,16,24H2,1H3,(H,26,27)/b15-12+. The molecule has 3 aromatic carbocycles. The molecule has 4 N–H and O–H groups in total. The molecule has 0 fully saturated rings. The van der Waals surface area contributed by atoms with Gasteiger partial charge < -0.3 is 16.4 Å². The summed E-state index contributed by atoms with van der Waals surface area (Å²) in [6.07, 6.45) is 3.29. The number of hydrogen-bond donors (Lipinski definition) is 3. The second-order valence-electron chi connectivity index (χ2n) is 6.37. The molecule has 3 rings (SSSR count). The summed E-state index contributed by atoms with van der Waals surface area (Å²) in [7, 11) is 0. The summed E-state index contributed by atoms with van der Waals surface area (Å²) in [5, 5.41) is 6.17. The van der Waals surface area contributed by atoms with E-state index in [2.05, 4.69) is 41.8 Å². The van der Waals surface area contributed by atoms with Gasteiger partial charge in [-0.25, -0.2) is 0 Å². The number of nitrogens with one attached hydrogen (secondary N) is 2. The average Bonchev–Trinajstić information content (AvgIpc) is 2.68. The minimum Gasteiger partial charge on any atom is -0.397 e. The zero-order chi connectivity index (χ0) is 19.1. The van der Waals surface area contributed by atoms with Crippen LogP contribution in [0.4, 0.5) is 17.1 Å². The number of aryl methyl sites for hydroxylation is 1. The van der Waals surface area contributed by atoms with E-state index in [1.54, 1.807) is 18.2 Å². The quantitative estimate of drug-likeness (QED) is 0.437. The average molecular weight is 357 g/mol. The number of nitrogen functional groups attached to an aromatic ring is 1. The van der Waals surface area contributed by atoms with E-state index in [1.165, 1.54) is 17.2 Å². The Morgan fingerprint density at radius 1 is 0.963 bits per heavy atom. The van der Waals surface area contributed by atoms with E-state index in [-0.39, 0.29) is 5.91 Å². The summed E-state index contributed by atoms with van der Waals surface area (Å²) in [6, 6.07) is 23.6. The first-order valence-electron chi connectivity index (χ1n) is 8.83. The molecular weight excluding hydrogens is 334 g/mol. The lowest BCUT2D eigenvalue weighted by atomic mass is 10.1. The maximum Gasteiger partial charge on any atom is 0.248 e. The van der Waals surface area contributed by atoms with Crippen molar-refractivity contribution in [2.24, 2.45) is 0 Å². The predicted octanol–water partition coefficient (Wildman–Crippen LogP) is 4.84. The Bertz CT molecular complexity index is 929. The van der Waals surface area contributed by atoms with Crippen molar-refractivity contribution in [2.75, 3.05) is 16.4 Å². The number of anilines is 3. The van der Waals surface area contributed by atoms with Crippen LogP contribution in [0.1, 0.15) is 16.7 Å². The van der Waals surface area contributed by atoms with Crippen LogP contribution in [0.2, 0.25) is 0 Å². The second kappa shape index (κ2) is 8.72. The Kier molecular flexibility index (Phi) is 5.90. The monoisotopic (exact) mass is 357 g/mol. The summed E-state index contributed by atoms with van der Waals surface area (Å²) in [5.74, 6) is -0.210. The number of rotatable bonds is 6. The van der Waals surface area contributed by atoms with Gasteiger partial charge in [-0.3, -0.25) is 4.79 Å². The minimum atomic E-state index is -0.210. The molecule has 4 nitrogen and oxygen atoms in total. The molecule has 1 amide bonds. The van der Waals surface area contributed by atoms with Crippen molar-refractivity contribution in [1.29, 1.82) is 0 Å². The molecule has 0 saturated carbocycles. The molecule has 0 heterocycles. The van der Waals surface area contributed by atoms with Gasteiger partial charge in [-0.2, -0.15) is 0 Å². The topological polar surface area (TPSA) is 67.2 Å². The number of nitrogens with two attached hydrogens (primary N) is 1. The Hall–Kier alpha value is -3.53. The van der Waals surface area contributed by atoms with Gasteiger partial charge in [0.05, 0.1) is 11.4 Å². The minimum absolute atomic E-state index is 0.210. The van der Waals surface area contributed by atoms with Crippen LogP contribution in [0.25, 0.3) is 6.08 Å². The highest BCUT2D eigenvalue weighted by atomic mass is 16.1. The molecule has 0 aliphatic carbocycles. The van der Waals surface area contributed by atoms with E-state index in [0.717, 1.165) is 17.8 Å². The third kappa shape index (κ3) is 5.47. The summed E-state index contributed by atoms with van der Waals surface area (Å²) < 4.78 is 0. The Balaban J connectivity index is 1.53. The molecular formula is C23H23N3O. The molecule has 0 bridgehead atoms. The van der Waals surface area contributed by atoms with E-state index in [4.69, 9.17) is 5.73 Å². The third-order valence-corrected chi connectivity index (χ3v) is 4.17. The van der Waals surface area contributed by atoms with E-state index in [9.17, 15) is 4.79 Å². The Labute approximate surface area is 159 Å². The van der Waals surface area contributed by atoms with Crippen LogP contribution in [0.5, 0.6) is 0 Å². The van der Waals surface area contributed by atoms with Gasteiger partial charge in [0.25, 0.3) is 0 Å². The normalized spacial score (nSPS) is 10.7. The molecule has 27 heavy (non-hydrogen) atoms. The van der Waals surface area contributed by atoms with Gasteiger partial charge in [-0.15, -0.1) is 0 Å². The zero-order valence-electron chi connectivity index (χ0n) is 15.3. The van der Waals surface area contributed by atoms with Gasteiger partial charge in [0.2, 0.25) is 5.91 Å². The molecule has 0 aliphatic heterocycles. The van der Waals surface area contributed by atoms with Crippen molar-refractivity contribution in [3.8, 4) is 0 Å². The molecule has 136 valence electrons. The van der Waals surface area contributed by atoms with Crippen LogP contribution in [-0.2, 0) is 11.3 Å².